The molecule has 0 radical (unpaired) electrons. The Hall–Kier alpha value is -2.97. The Kier molecular flexibility index (Phi) is 5.69. The molecule has 8 heteroatoms. The van der Waals surface area contributed by atoms with Crippen LogP contribution in [0.5, 0.6) is 5.75 Å². The summed E-state index contributed by atoms with van der Waals surface area (Å²) in [5.74, 6) is -0.0895. The number of hydrogen-bond acceptors (Lipinski definition) is 6. The maximum Gasteiger partial charge on any atom is 0.499 e. The minimum atomic E-state index is -0.743. The van der Waals surface area contributed by atoms with E-state index in [9.17, 15) is 14.4 Å². The van der Waals surface area contributed by atoms with Crippen molar-refractivity contribution < 1.29 is 28.4 Å². The molecule has 2 aromatic carbocycles. The summed E-state index contributed by atoms with van der Waals surface area (Å²) in [6, 6.07) is 12.0. The third-order valence-corrected chi connectivity index (χ3v) is 6.38. The van der Waals surface area contributed by atoms with E-state index in [0.29, 0.717) is 34.3 Å². The molecule has 1 fully saturated rings. The summed E-state index contributed by atoms with van der Waals surface area (Å²) < 4.78 is 18.2. The highest BCUT2D eigenvalue weighted by Gasteiger charge is 2.53. The summed E-state index contributed by atoms with van der Waals surface area (Å²) in [4.78, 5) is 37.9. The van der Waals surface area contributed by atoms with Gasteiger partial charge in [-0.1, -0.05) is 24.3 Å². The van der Waals surface area contributed by atoms with Gasteiger partial charge in [0.1, 0.15) is 12.0 Å². The van der Waals surface area contributed by atoms with Gasteiger partial charge in [0, 0.05) is 17.6 Å². The minimum Gasteiger partial charge on any atom is -0.494 e. The van der Waals surface area contributed by atoms with Crippen LogP contribution in [0, 0.1) is 0 Å². The summed E-state index contributed by atoms with van der Waals surface area (Å²) in [7, 11) is -0.743. The van der Waals surface area contributed by atoms with E-state index in [2.05, 4.69) is 0 Å². The maximum atomic E-state index is 12.5. The van der Waals surface area contributed by atoms with Gasteiger partial charge in [-0.2, -0.15) is 0 Å². The Morgan fingerprint density at radius 3 is 2.09 bits per heavy atom. The van der Waals surface area contributed by atoms with Gasteiger partial charge in [0.25, 0.3) is 11.8 Å². The molecule has 2 aliphatic heterocycles. The third-order valence-electron chi connectivity index (χ3n) is 6.38. The summed E-state index contributed by atoms with van der Waals surface area (Å²) in [5, 5.41) is 0. The van der Waals surface area contributed by atoms with Crippen molar-refractivity contribution in [1.29, 1.82) is 0 Å². The van der Waals surface area contributed by atoms with Crippen molar-refractivity contribution in [2.45, 2.75) is 45.3 Å². The first kappa shape index (κ1) is 22.2. The Labute approximate surface area is 187 Å². The van der Waals surface area contributed by atoms with E-state index in [-0.39, 0.29) is 25.0 Å². The van der Waals surface area contributed by atoms with Crippen LogP contribution in [0.3, 0.4) is 0 Å². The predicted molar refractivity (Wildman–Crippen MR) is 119 cm³/mol. The second-order valence-corrected chi connectivity index (χ2v) is 8.97. The molecule has 4 rings (SSSR count). The average molecular weight is 435 g/mol. The number of nitrogens with zero attached hydrogens (tertiary/aromatic N) is 1. The van der Waals surface area contributed by atoms with Gasteiger partial charge in [-0.3, -0.25) is 19.3 Å². The number of amides is 2. The van der Waals surface area contributed by atoms with Crippen LogP contribution in [0.1, 0.15) is 65.2 Å². The molecule has 2 aromatic rings. The number of aldehydes is 1. The van der Waals surface area contributed by atoms with E-state index in [0.717, 1.165) is 6.29 Å². The van der Waals surface area contributed by atoms with E-state index in [1.165, 1.54) is 4.90 Å². The Balaban J connectivity index is 1.44. The van der Waals surface area contributed by atoms with Gasteiger partial charge >= 0.3 is 7.12 Å². The molecule has 2 aliphatic rings. The second-order valence-electron chi connectivity index (χ2n) is 8.97. The molecule has 0 N–H and O–H groups in total. The number of benzene rings is 2. The third kappa shape index (κ3) is 3.74. The van der Waals surface area contributed by atoms with Crippen molar-refractivity contribution in [3.8, 4) is 5.75 Å². The lowest BCUT2D eigenvalue weighted by Gasteiger charge is -2.32. The van der Waals surface area contributed by atoms with Gasteiger partial charge in [-0.15, -0.1) is 0 Å². The van der Waals surface area contributed by atoms with Crippen LogP contribution in [-0.4, -0.2) is 54.5 Å². The fourth-order valence-electron chi connectivity index (χ4n) is 3.85. The van der Waals surface area contributed by atoms with Gasteiger partial charge < -0.3 is 14.0 Å². The summed E-state index contributed by atoms with van der Waals surface area (Å²) in [5.41, 5.74) is 0.718. The van der Waals surface area contributed by atoms with Crippen LogP contribution in [0.2, 0.25) is 0 Å². The maximum absolute atomic E-state index is 12.5. The van der Waals surface area contributed by atoms with Crippen molar-refractivity contribution in [2.24, 2.45) is 0 Å². The molecule has 0 spiro atoms. The molecule has 2 amide bonds. The number of imide groups is 1. The average Bonchev–Trinajstić information content (AvgIpc) is 3.13. The zero-order valence-corrected chi connectivity index (χ0v) is 18.7. The highest BCUT2D eigenvalue weighted by atomic mass is 16.7. The van der Waals surface area contributed by atoms with Gasteiger partial charge in [0.05, 0.1) is 28.9 Å². The molecule has 0 unspecified atom stereocenters. The van der Waals surface area contributed by atoms with Gasteiger partial charge in [-0.25, -0.2) is 0 Å². The van der Waals surface area contributed by atoms with E-state index in [1.54, 1.807) is 42.5 Å². The van der Waals surface area contributed by atoms with Crippen LogP contribution >= 0.6 is 0 Å². The number of carbonyl (C=O) groups is 3. The molecule has 0 aliphatic carbocycles. The zero-order chi connectivity index (χ0) is 23.1. The lowest BCUT2D eigenvalue weighted by Crippen LogP contribution is -2.41. The zero-order valence-electron chi connectivity index (χ0n) is 18.7. The fourth-order valence-corrected chi connectivity index (χ4v) is 3.85. The molecule has 166 valence electrons. The Morgan fingerprint density at radius 2 is 1.53 bits per heavy atom. The van der Waals surface area contributed by atoms with E-state index >= 15 is 0 Å². The lowest BCUT2D eigenvalue weighted by molar-refractivity contribution is 0.00578. The van der Waals surface area contributed by atoms with Crippen LogP contribution in [0.15, 0.2) is 42.5 Å². The molecule has 0 bridgehead atoms. The van der Waals surface area contributed by atoms with Crippen molar-refractivity contribution in [3.63, 3.8) is 0 Å². The van der Waals surface area contributed by atoms with Crippen LogP contribution in [0.25, 0.3) is 0 Å². The van der Waals surface area contributed by atoms with Crippen molar-refractivity contribution in [3.05, 3.63) is 59.2 Å². The molecular weight excluding hydrogens is 409 g/mol. The number of fused-ring (bicyclic) bond motifs is 1. The van der Waals surface area contributed by atoms with E-state index in [1.807, 2.05) is 27.7 Å². The van der Waals surface area contributed by atoms with Crippen molar-refractivity contribution >= 4 is 30.7 Å². The van der Waals surface area contributed by atoms with Crippen LogP contribution < -0.4 is 10.2 Å². The summed E-state index contributed by atoms with van der Waals surface area (Å²) >= 11 is 0. The lowest BCUT2D eigenvalue weighted by atomic mass is 9.75. The van der Waals surface area contributed by atoms with Gasteiger partial charge in [-0.05, 0) is 52.3 Å². The largest absolute Gasteiger partial charge is 0.499 e. The molecule has 0 atom stereocenters. The SMILES string of the molecule is CC1(C)OB(c2c(C=O)cccc2OCCCN2C(=O)c3ccccc3C2=O)OC1(C)C. The number of hydrogen-bond donors (Lipinski definition) is 0. The summed E-state index contributed by atoms with van der Waals surface area (Å²) in [6.45, 7) is 8.27. The highest BCUT2D eigenvalue weighted by molar-refractivity contribution is 6.64. The number of ether oxygens (including phenoxy) is 1. The highest BCUT2D eigenvalue weighted by Crippen LogP contribution is 2.37. The second kappa shape index (κ2) is 8.18. The summed E-state index contributed by atoms with van der Waals surface area (Å²) in [6.07, 6.45) is 1.20. The Morgan fingerprint density at radius 1 is 0.938 bits per heavy atom. The van der Waals surface area contributed by atoms with E-state index in [4.69, 9.17) is 14.0 Å². The monoisotopic (exact) mass is 435 g/mol. The first-order chi connectivity index (χ1) is 15.2. The first-order valence-electron chi connectivity index (χ1n) is 10.7. The quantitative estimate of drug-likeness (QED) is 0.288. The Bertz CT molecular complexity index is 1030. The predicted octanol–water partition coefficient (Wildman–Crippen LogP) is 2.86. The molecule has 2 heterocycles. The van der Waals surface area contributed by atoms with Crippen molar-refractivity contribution in [1.82, 2.24) is 4.90 Å². The van der Waals surface area contributed by atoms with Gasteiger partial charge in [0.15, 0.2) is 0 Å². The van der Waals surface area contributed by atoms with E-state index < -0.39 is 18.3 Å². The minimum absolute atomic E-state index is 0.242. The number of rotatable bonds is 7. The molecule has 32 heavy (non-hydrogen) atoms. The topological polar surface area (TPSA) is 82.1 Å². The fraction of sp³-hybridized carbons (Fsp3) is 0.375. The van der Waals surface area contributed by atoms with Crippen molar-refractivity contribution in [2.75, 3.05) is 13.2 Å². The number of carbonyl (C=O) groups excluding carboxylic acids is 3. The molecule has 1 saturated heterocycles. The van der Waals surface area contributed by atoms with Gasteiger partial charge in [0.2, 0.25) is 0 Å². The molecule has 0 saturated carbocycles. The van der Waals surface area contributed by atoms with Crippen LogP contribution in [-0.2, 0) is 9.31 Å². The molecular formula is C24H26BNO6. The normalized spacial score (nSPS) is 18.8. The van der Waals surface area contributed by atoms with Crippen LogP contribution in [0.4, 0.5) is 0 Å². The molecule has 7 nitrogen and oxygen atoms in total. The first-order valence-corrected chi connectivity index (χ1v) is 10.7. The smallest absolute Gasteiger partial charge is 0.494 e. The molecule has 0 aromatic heterocycles. The standard InChI is InChI=1S/C24H26BNO6/c1-23(2)24(3,4)32-25(31-23)20-16(15-27)9-7-12-19(20)30-14-8-13-26-21(28)17-10-5-6-11-18(17)22(26)29/h5-7,9-12,15H,8,13-14H2,1-4H3.